The number of aromatic carboxylic acids is 1. The molecule has 3 rings (SSSR count). The average molecular weight is 354 g/mol. The van der Waals surface area contributed by atoms with Crippen LogP contribution in [0.4, 0.5) is 0 Å². The Labute approximate surface area is 149 Å². The van der Waals surface area contributed by atoms with Crippen LogP contribution >= 0.6 is 12.2 Å². The molecule has 0 unspecified atom stereocenters. The van der Waals surface area contributed by atoms with Gasteiger partial charge in [0.2, 0.25) is 0 Å². The van der Waals surface area contributed by atoms with Crippen LogP contribution in [0.2, 0.25) is 0 Å². The summed E-state index contributed by atoms with van der Waals surface area (Å²) in [6, 6.07) is 13.8. The van der Waals surface area contributed by atoms with Crippen molar-refractivity contribution in [3.05, 3.63) is 70.9 Å². The third kappa shape index (κ3) is 4.02. The van der Waals surface area contributed by atoms with Crippen molar-refractivity contribution in [2.24, 2.45) is 0 Å². The first-order valence-corrected chi connectivity index (χ1v) is 7.82. The normalized spacial score (nSPS) is 15.0. The van der Waals surface area contributed by atoms with Gasteiger partial charge in [-0.25, -0.2) is 4.79 Å². The van der Waals surface area contributed by atoms with Gasteiger partial charge in [0.05, 0.1) is 5.56 Å². The van der Waals surface area contributed by atoms with Crippen molar-refractivity contribution < 1.29 is 19.4 Å². The minimum Gasteiger partial charge on any atom is -0.488 e. The number of hydrogen-bond acceptors (Lipinski definition) is 4. The first-order valence-electron chi connectivity index (χ1n) is 7.41. The number of carbonyl (C=O) groups excluding carboxylic acids is 1. The SMILES string of the molecule is O=C1NC(=S)N/C1=C/c1ccccc1OCc1ccc(C(=O)O)cc1. The second kappa shape index (κ2) is 7.14. The molecule has 7 heteroatoms. The first-order chi connectivity index (χ1) is 12.0. The second-order valence-electron chi connectivity index (χ2n) is 5.29. The summed E-state index contributed by atoms with van der Waals surface area (Å²) in [5.41, 5.74) is 2.15. The number of benzene rings is 2. The van der Waals surface area contributed by atoms with E-state index in [1.54, 1.807) is 24.3 Å². The number of carboxylic acids is 1. The topological polar surface area (TPSA) is 87.7 Å². The number of carboxylic acid groups (broad SMARTS) is 1. The van der Waals surface area contributed by atoms with Crippen molar-refractivity contribution >= 4 is 35.3 Å². The van der Waals surface area contributed by atoms with Crippen LogP contribution in [0.5, 0.6) is 5.75 Å². The van der Waals surface area contributed by atoms with Crippen LogP contribution in [0.1, 0.15) is 21.5 Å². The number of rotatable bonds is 5. The van der Waals surface area contributed by atoms with Gasteiger partial charge in [0.15, 0.2) is 5.11 Å². The summed E-state index contributed by atoms with van der Waals surface area (Å²) in [6.07, 6.45) is 1.66. The highest BCUT2D eigenvalue weighted by Crippen LogP contribution is 2.22. The summed E-state index contributed by atoms with van der Waals surface area (Å²) in [4.78, 5) is 22.6. The van der Waals surface area contributed by atoms with E-state index in [4.69, 9.17) is 22.1 Å². The zero-order valence-electron chi connectivity index (χ0n) is 13.0. The molecule has 126 valence electrons. The van der Waals surface area contributed by atoms with Gasteiger partial charge in [-0.3, -0.25) is 10.1 Å². The minimum absolute atomic E-state index is 0.225. The van der Waals surface area contributed by atoms with Crippen molar-refractivity contribution in [2.45, 2.75) is 6.61 Å². The number of para-hydroxylation sites is 1. The van der Waals surface area contributed by atoms with E-state index in [1.165, 1.54) is 12.1 Å². The molecule has 0 saturated carbocycles. The van der Waals surface area contributed by atoms with E-state index in [9.17, 15) is 9.59 Å². The summed E-state index contributed by atoms with van der Waals surface area (Å²) in [7, 11) is 0. The van der Waals surface area contributed by atoms with Gasteiger partial charge in [0, 0.05) is 5.56 Å². The quantitative estimate of drug-likeness (QED) is 0.564. The number of carbonyl (C=O) groups is 2. The lowest BCUT2D eigenvalue weighted by molar-refractivity contribution is -0.115. The minimum atomic E-state index is -0.968. The number of ether oxygens (including phenoxy) is 1. The Morgan fingerprint density at radius 2 is 1.84 bits per heavy atom. The monoisotopic (exact) mass is 354 g/mol. The molecule has 1 fully saturated rings. The Hall–Kier alpha value is -3.19. The van der Waals surface area contributed by atoms with Crippen LogP contribution in [-0.2, 0) is 11.4 Å². The standard InChI is InChI=1S/C18H14N2O4S/c21-16-14(19-18(25)20-16)9-13-3-1-2-4-15(13)24-10-11-5-7-12(8-6-11)17(22)23/h1-9H,10H2,(H,22,23)(H2,19,20,21,25)/b14-9+. The zero-order valence-corrected chi connectivity index (χ0v) is 13.8. The van der Waals surface area contributed by atoms with E-state index < -0.39 is 5.97 Å². The van der Waals surface area contributed by atoms with E-state index in [0.717, 1.165) is 11.1 Å². The Kier molecular flexibility index (Phi) is 4.76. The maximum atomic E-state index is 11.7. The van der Waals surface area contributed by atoms with Gasteiger partial charge >= 0.3 is 5.97 Å². The van der Waals surface area contributed by atoms with Crippen LogP contribution in [0.3, 0.4) is 0 Å². The predicted octanol–water partition coefficient (Wildman–Crippen LogP) is 2.31. The fourth-order valence-corrected chi connectivity index (χ4v) is 2.48. The Morgan fingerprint density at radius 3 is 2.48 bits per heavy atom. The fraction of sp³-hybridized carbons (Fsp3) is 0.0556. The zero-order chi connectivity index (χ0) is 17.8. The molecule has 2 aromatic rings. The van der Waals surface area contributed by atoms with Crippen LogP contribution in [0.15, 0.2) is 54.2 Å². The van der Waals surface area contributed by atoms with E-state index in [0.29, 0.717) is 11.4 Å². The molecule has 1 aliphatic heterocycles. The second-order valence-corrected chi connectivity index (χ2v) is 5.70. The molecular weight excluding hydrogens is 340 g/mol. The van der Waals surface area contributed by atoms with Crippen molar-refractivity contribution in [1.82, 2.24) is 10.6 Å². The molecule has 1 heterocycles. The molecule has 1 amide bonds. The Morgan fingerprint density at radius 1 is 1.12 bits per heavy atom. The molecule has 6 nitrogen and oxygen atoms in total. The van der Waals surface area contributed by atoms with Gasteiger partial charge in [0.25, 0.3) is 5.91 Å². The van der Waals surface area contributed by atoms with Crippen LogP contribution < -0.4 is 15.4 Å². The highest BCUT2D eigenvalue weighted by molar-refractivity contribution is 7.80. The third-order valence-corrected chi connectivity index (χ3v) is 3.74. The molecule has 0 bridgehead atoms. The van der Waals surface area contributed by atoms with E-state index in [2.05, 4.69) is 10.6 Å². The van der Waals surface area contributed by atoms with Gasteiger partial charge in [-0.05, 0) is 42.1 Å². The van der Waals surface area contributed by atoms with E-state index in [-0.39, 0.29) is 23.2 Å². The van der Waals surface area contributed by atoms with E-state index >= 15 is 0 Å². The fourth-order valence-electron chi connectivity index (χ4n) is 2.27. The van der Waals surface area contributed by atoms with E-state index in [1.807, 2.05) is 18.2 Å². The van der Waals surface area contributed by atoms with Crippen molar-refractivity contribution in [1.29, 1.82) is 0 Å². The van der Waals surface area contributed by atoms with Gasteiger partial charge in [-0.1, -0.05) is 30.3 Å². The van der Waals surface area contributed by atoms with Crippen LogP contribution in [0.25, 0.3) is 6.08 Å². The van der Waals surface area contributed by atoms with Gasteiger partial charge in [0.1, 0.15) is 18.1 Å². The Balaban J connectivity index is 1.75. The maximum Gasteiger partial charge on any atom is 0.335 e. The van der Waals surface area contributed by atoms with Gasteiger partial charge in [-0.15, -0.1) is 0 Å². The Bertz CT molecular complexity index is 875. The van der Waals surface area contributed by atoms with Gasteiger partial charge in [-0.2, -0.15) is 0 Å². The molecule has 25 heavy (non-hydrogen) atoms. The number of thiocarbonyl (C=S) groups is 1. The van der Waals surface area contributed by atoms with Gasteiger partial charge < -0.3 is 15.2 Å². The molecule has 0 aliphatic carbocycles. The summed E-state index contributed by atoms with van der Waals surface area (Å²) < 4.78 is 5.81. The molecule has 0 spiro atoms. The van der Waals surface area contributed by atoms with Crippen molar-refractivity contribution in [2.75, 3.05) is 0 Å². The summed E-state index contributed by atoms with van der Waals surface area (Å²) in [6.45, 7) is 0.276. The summed E-state index contributed by atoms with van der Waals surface area (Å²) in [5.74, 6) is -0.654. The largest absolute Gasteiger partial charge is 0.488 e. The lowest BCUT2D eigenvalue weighted by Crippen LogP contribution is -2.21. The molecule has 0 aromatic heterocycles. The number of nitrogens with one attached hydrogen (secondary N) is 2. The lowest BCUT2D eigenvalue weighted by Gasteiger charge is -2.10. The summed E-state index contributed by atoms with van der Waals surface area (Å²) >= 11 is 4.91. The maximum absolute atomic E-state index is 11.7. The van der Waals surface area contributed by atoms with Crippen molar-refractivity contribution in [3.63, 3.8) is 0 Å². The lowest BCUT2D eigenvalue weighted by atomic mass is 10.1. The average Bonchev–Trinajstić information content (AvgIpc) is 2.91. The molecule has 1 aliphatic rings. The van der Waals surface area contributed by atoms with Crippen molar-refractivity contribution in [3.8, 4) is 5.75 Å². The molecule has 0 radical (unpaired) electrons. The first kappa shape index (κ1) is 16.7. The molecular formula is C18H14N2O4S. The predicted molar refractivity (Wildman–Crippen MR) is 96.0 cm³/mol. The molecule has 2 aromatic carbocycles. The smallest absolute Gasteiger partial charge is 0.335 e. The number of amides is 1. The highest BCUT2D eigenvalue weighted by Gasteiger charge is 2.20. The van der Waals surface area contributed by atoms with Crippen LogP contribution in [-0.4, -0.2) is 22.1 Å². The third-order valence-electron chi connectivity index (χ3n) is 3.53. The molecule has 0 atom stereocenters. The molecule has 1 saturated heterocycles. The summed E-state index contributed by atoms with van der Waals surface area (Å²) in [5, 5.41) is 14.5. The molecule has 3 N–H and O–H groups in total. The number of hydrogen-bond donors (Lipinski definition) is 3. The van der Waals surface area contributed by atoms with Crippen LogP contribution in [0, 0.1) is 0 Å². The highest BCUT2D eigenvalue weighted by atomic mass is 32.1.